The Kier molecular flexibility index (Phi) is 6.71. The highest BCUT2D eigenvalue weighted by Gasteiger charge is 2.22. The molecule has 0 aliphatic heterocycles. The van der Waals surface area contributed by atoms with Crippen molar-refractivity contribution in [1.82, 2.24) is 0 Å². The molecule has 0 saturated carbocycles. The maximum Gasteiger partial charge on any atom is 0.341 e. The monoisotopic (exact) mass is 361 g/mol. The Labute approximate surface area is 149 Å². The predicted octanol–water partition coefficient (Wildman–Crippen LogP) is 3.48. The molecule has 0 fully saturated rings. The number of thiophene rings is 1. The first-order valence-electron chi connectivity index (χ1n) is 7.77. The number of esters is 2. The second-order valence-corrected chi connectivity index (χ2v) is 5.94. The van der Waals surface area contributed by atoms with E-state index in [1.165, 1.54) is 18.4 Å². The Balaban J connectivity index is 2.26. The molecule has 0 bridgehead atoms. The van der Waals surface area contributed by atoms with E-state index in [0.717, 1.165) is 5.56 Å². The molecule has 7 heteroatoms. The quantitative estimate of drug-likeness (QED) is 0.764. The summed E-state index contributed by atoms with van der Waals surface area (Å²) < 4.78 is 9.64. The Morgan fingerprint density at radius 3 is 2.48 bits per heavy atom. The molecular formula is C18H19NO5S. The van der Waals surface area contributed by atoms with Crippen molar-refractivity contribution >= 4 is 34.2 Å². The molecule has 1 amide bonds. The summed E-state index contributed by atoms with van der Waals surface area (Å²) in [6, 6.07) is 9.39. The van der Waals surface area contributed by atoms with E-state index in [9.17, 15) is 14.4 Å². The van der Waals surface area contributed by atoms with Crippen LogP contribution < -0.4 is 5.32 Å². The van der Waals surface area contributed by atoms with E-state index < -0.39 is 11.9 Å². The zero-order valence-electron chi connectivity index (χ0n) is 14.0. The van der Waals surface area contributed by atoms with Crippen molar-refractivity contribution in [2.45, 2.75) is 19.8 Å². The first kappa shape index (κ1) is 18.7. The minimum Gasteiger partial charge on any atom is -0.469 e. The summed E-state index contributed by atoms with van der Waals surface area (Å²) in [6.45, 7) is 1.96. The topological polar surface area (TPSA) is 81.7 Å². The highest BCUT2D eigenvalue weighted by Crippen LogP contribution is 2.36. The molecule has 1 heterocycles. The lowest BCUT2D eigenvalue weighted by atomic mass is 10.0. The third-order valence-corrected chi connectivity index (χ3v) is 4.29. The first-order valence-corrected chi connectivity index (χ1v) is 8.65. The number of hydrogen-bond donors (Lipinski definition) is 1. The predicted molar refractivity (Wildman–Crippen MR) is 95.6 cm³/mol. The van der Waals surface area contributed by atoms with Gasteiger partial charge < -0.3 is 14.8 Å². The summed E-state index contributed by atoms with van der Waals surface area (Å²) in [5.41, 5.74) is 1.88. The van der Waals surface area contributed by atoms with Gasteiger partial charge in [0.15, 0.2) is 0 Å². The number of carbonyl (C=O) groups excluding carboxylic acids is 3. The van der Waals surface area contributed by atoms with Crippen LogP contribution in [0.2, 0.25) is 0 Å². The summed E-state index contributed by atoms with van der Waals surface area (Å²) in [6.07, 6.45) is -0.0402. The van der Waals surface area contributed by atoms with Crippen LogP contribution >= 0.6 is 11.3 Å². The van der Waals surface area contributed by atoms with Gasteiger partial charge in [0.2, 0.25) is 5.91 Å². The van der Waals surface area contributed by atoms with Crippen molar-refractivity contribution in [2.75, 3.05) is 19.0 Å². The number of ether oxygens (including phenoxy) is 2. The van der Waals surface area contributed by atoms with Gasteiger partial charge in [-0.1, -0.05) is 30.3 Å². The van der Waals surface area contributed by atoms with Crippen molar-refractivity contribution in [3.63, 3.8) is 0 Å². The molecule has 0 atom stereocenters. The maximum absolute atomic E-state index is 12.4. The Bertz CT molecular complexity index is 754. The molecule has 1 N–H and O–H groups in total. The Morgan fingerprint density at radius 1 is 1.12 bits per heavy atom. The fraction of sp³-hybridized carbons (Fsp3) is 0.278. The zero-order valence-corrected chi connectivity index (χ0v) is 14.9. The fourth-order valence-corrected chi connectivity index (χ4v) is 3.17. The molecule has 0 saturated heterocycles. The lowest BCUT2D eigenvalue weighted by Gasteiger charge is -2.08. The molecule has 2 aromatic rings. The number of rotatable bonds is 7. The minimum atomic E-state index is -0.495. The molecule has 0 aliphatic carbocycles. The van der Waals surface area contributed by atoms with E-state index in [4.69, 9.17) is 4.74 Å². The van der Waals surface area contributed by atoms with E-state index >= 15 is 0 Å². The minimum absolute atomic E-state index is 0.0199. The molecule has 1 aromatic heterocycles. The molecular weight excluding hydrogens is 342 g/mol. The van der Waals surface area contributed by atoms with Crippen LogP contribution in [0.5, 0.6) is 0 Å². The van der Waals surface area contributed by atoms with Crippen LogP contribution in [0.15, 0.2) is 35.7 Å². The SMILES string of the molecule is CCOC(=O)c1c(-c2ccccc2)csc1NC(=O)CCC(=O)OC. The molecule has 0 aliphatic rings. The van der Waals surface area contributed by atoms with Gasteiger partial charge in [-0.3, -0.25) is 9.59 Å². The van der Waals surface area contributed by atoms with Crippen LogP contribution in [0.4, 0.5) is 5.00 Å². The lowest BCUT2D eigenvalue weighted by Crippen LogP contribution is -2.16. The van der Waals surface area contributed by atoms with Crippen LogP contribution in [0.1, 0.15) is 30.1 Å². The number of carbonyl (C=O) groups is 3. The van der Waals surface area contributed by atoms with Gasteiger partial charge in [0.25, 0.3) is 0 Å². The number of hydrogen-bond acceptors (Lipinski definition) is 6. The molecule has 0 unspecified atom stereocenters. The van der Waals surface area contributed by atoms with E-state index in [1.807, 2.05) is 30.3 Å². The largest absolute Gasteiger partial charge is 0.469 e. The van der Waals surface area contributed by atoms with E-state index in [-0.39, 0.29) is 25.4 Å². The number of amides is 1. The summed E-state index contributed by atoms with van der Waals surface area (Å²) in [4.78, 5) is 35.6. The number of methoxy groups -OCH3 is 1. The van der Waals surface area contributed by atoms with Gasteiger partial charge >= 0.3 is 11.9 Å². The van der Waals surface area contributed by atoms with Crippen molar-refractivity contribution in [3.05, 3.63) is 41.3 Å². The van der Waals surface area contributed by atoms with Crippen LogP contribution in [0.25, 0.3) is 11.1 Å². The van der Waals surface area contributed by atoms with Gasteiger partial charge in [0, 0.05) is 17.4 Å². The zero-order chi connectivity index (χ0) is 18.2. The second kappa shape index (κ2) is 8.98. The lowest BCUT2D eigenvalue weighted by molar-refractivity contribution is -0.141. The standard InChI is InChI=1S/C18H19NO5S/c1-3-24-18(22)16-13(12-7-5-4-6-8-12)11-25-17(16)19-14(20)9-10-15(21)23-2/h4-8,11H,3,9-10H2,1-2H3,(H,19,20). The summed E-state index contributed by atoms with van der Waals surface area (Å²) >= 11 is 1.24. The highest BCUT2D eigenvalue weighted by molar-refractivity contribution is 7.15. The average Bonchev–Trinajstić information content (AvgIpc) is 3.04. The fourth-order valence-electron chi connectivity index (χ4n) is 2.19. The van der Waals surface area contributed by atoms with Crippen LogP contribution in [0.3, 0.4) is 0 Å². The van der Waals surface area contributed by atoms with Crippen molar-refractivity contribution in [3.8, 4) is 11.1 Å². The van der Waals surface area contributed by atoms with Crippen LogP contribution in [-0.4, -0.2) is 31.6 Å². The summed E-state index contributed by atoms with van der Waals surface area (Å²) in [5, 5.41) is 4.90. The summed E-state index contributed by atoms with van der Waals surface area (Å²) in [5.74, 6) is -1.32. The van der Waals surface area contributed by atoms with Crippen molar-refractivity contribution in [1.29, 1.82) is 0 Å². The van der Waals surface area contributed by atoms with Gasteiger partial charge in [0.1, 0.15) is 10.6 Å². The third-order valence-electron chi connectivity index (χ3n) is 3.39. The maximum atomic E-state index is 12.4. The van der Waals surface area contributed by atoms with Gasteiger partial charge in [0.05, 0.1) is 20.1 Å². The van der Waals surface area contributed by atoms with Crippen LogP contribution in [0, 0.1) is 0 Å². The second-order valence-electron chi connectivity index (χ2n) is 5.06. The van der Waals surface area contributed by atoms with E-state index in [1.54, 1.807) is 12.3 Å². The van der Waals surface area contributed by atoms with E-state index in [0.29, 0.717) is 16.1 Å². The molecule has 2 rings (SSSR count). The molecule has 6 nitrogen and oxygen atoms in total. The third kappa shape index (κ3) is 4.90. The van der Waals surface area contributed by atoms with E-state index in [2.05, 4.69) is 10.1 Å². The molecule has 132 valence electrons. The molecule has 0 spiro atoms. The normalized spacial score (nSPS) is 10.2. The van der Waals surface area contributed by atoms with Crippen LogP contribution in [-0.2, 0) is 19.1 Å². The molecule has 25 heavy (non-hydrogen) atoms. The van der Waals surface area contributed by atoms with Crippen molar-refractivity contribution < 1.29 is 23.9 Å². The van der Waals surface area contributed by atoms with Gasteiger partial charge in [-0.2, -0.15) is 0 Å². The van der Waals surface area contributed by atoms with Gasteiger partial charge in [-0.05, 0) is 12.5 Å². The average molecular weight is 361 g/mol. The number of benzene rings is 1. The van der Waals surface area contributed by atoms with Crippen molar-refractivity contribution in [2.24, 2.45) is 0 Å². The smallest absolute Gasteiger partial charge is 0.341 e. The van der Waals surface area contributed by atoms with Gasteiger partial charge in [-0.25, -0.2) is 4.79 Å². The van der Waals surface area contributed by atoms with Gasteiger partial charge in [-0.15, -0.1) is 11.3 Å². The number of nitrogens with one attached hydrogen (secondary N) is 1. The summed E-state index contributed by atoms with van der Waals surface area (Å²) in [7, 11) is 1.27. The first-order chi connectivity index (χ1) is 12.1. The molecule has 0 radical (unpaired) electrons. The molecule has 1 aromatic carbocycles. The Hall–Kier alpha value is -2.67. The Morgan fingerprint density at radius 2 is 1.84 bits per heavy atom. The number of anilines is 1. The highest BCUT2D eigenvalue weighted by atomic mass is 32.1.